The molecule has 0 spiro atoms. The standard InChI is InChI=1S/C14H16F2N2O/c15-10-4-11(13(16)12(17)5-10)14(19)18-6-8-2-1-3-9(8)7-18/h4-5,8-9H,1-3,6-7,17H2. The number of carbonyl (C=O) groups excluding carboxylic acids is 1. The number of nitrogens with two attached hydrogens (primary N) is 1. The maximum absolute atomic E-state index is 13.8. The molecule has 1 aliphatic heterocycles. The van der Waals surface area contributed by atoms with Crippen molar-refractivity contribution < 1.29 is 13.6 Å². The van der Waals surface area contributed by atoms with Gasteiger partial charge < -0.3 is 10.6 Å². The summed E-state index contributed by atoms with van der Waals surface area (Å²) in [5.74, 6) is -0.890. The first-order chi connectivity index (χ1) is 9.06. The largest absolute Gasteiger partial charge is 0.396 e. The van der Waals surface area contributed by atoms with Crippen LogP contribution in [0.1, 0.15) is 29.6 Å². The Morgan fingerprint density at radius 1 is 1.21 bits per heavy atom. The average molecular weight is 266 g/mol. The van der Waals surface area contributed by atoms with E-state index in [9.17, 15) is 13.6 Å². The summed E-state index contributed by atoms with van der Waals surface area (Å²) in [7, 11) is 0. The molecule has 5 heteroatoms. The highest BCUT2D eigenvalue weighted by Gasteiger charge is 2.38. The van der Waals surface area contributed by atoms with Crippen molar-refractivity contribution in [1.82, 2.24) is 4.90 Å². The van der Waals surface area contributed by atoms with E-state index in [2.05, 4.69) is 0 Å². The van der Waals surface area contributed by atoms with Gasteiger partial charge in [0.2, 0.25) is 0 Å². The third-order valence-electron chi connectivity index (χ3n) is 4.31. The van der Waals surface area contributed by atoms with Crippen molar-refractivity contribution >= 4 is 11.6 Å². The van der Waals surface area contributed by atoms with Crippen LogP contribution in [-0.4, -0.2) is 23.9 Å². The van der Waals surface area contributed by atoms with Crippen molar-refractivity contribution in [3.8, 4) is 0 Å². The second kappa shape index (κ2) is 4.47. The topological polar surface area (TPSA) is 46.3 Å². The van der Waals surface area contributed by atoms with Gasteiger partial charge in [0.05, 0.1) is 11.3 Å². The first kappa shape index (κ1) is 12.4. The lowest BCUT2D eigenvalue weighted by Gasteiger charge is -2.18. The van der Waals surface area contributed by atoms with Crippen molar-refractivity contribution in [2.45, 2.75) is 19.3 Å². The van der Waals surface area contributed by atoms with Crippen LogP contribution >= 0.6 is 0 Å². The summed E-state index contributed by atoms with van der Waals surface area (Å²) >= 11 is 0. The monoisotopic (exact) mass is 266 g/mol. The maximum Gasteiger partial charge on any atom is 0.257 e. The summed E-state index contributed by atoms with van der Waals surface area (Å²) in [5.41, 5.74) is 4.79. The molecule has 1 amide bonds. The first-order valence-electron chi connectivity index (χ1n) is 6.60. The minimum Gasteiger partial charge on any atom is -0.396 e. The van der Waals surface area contributed by atoms with Gasteiger partial charge in [-0.05, 0) is 36.8 Å². The van der Waals surface area contributed by atoms with Gasteiger partial charge in [-0.15, -0.1) is 0 Å². The van der Waals surface area contributed by atoms with Crippen LogP contribution in [0, 0.1) is 23.5 Å². The molecule has 0 bridgehead atoms. The molecule has 2 atom stereocenters. The molecule has 2 unspecified atom stereocenters. The molecule has 102 valence electrons. The Morgan fingerprint density at radius 3 is 2.47 bits per heavy atom. The van der Waals surface area contributed by atoms with Crippen LogP contribution in [-0.2, 0) is 0 Å². The number of anilines is 1. The fourth-order valence-corrected chi connectivity index (χ4v) is 3.34. The third-order valence-corrected chi connectivity index (χ3v) is 4.31. The normalized spacial score (nSPS) is 25.7. The van der Waals surface area contributed by atoms with Crippen molar-refractivity contribution in [2.24, 2.45) is 11.8 Å². The number of hydrogen-bond donors (Lipinski definition) is 1. The van der Waals surface area contributed by atoms with E-state index in [0.717, 1.165) is 25.0 Å². The number of halogens is 2. The zero-order valence-corrected chi connectivity index (χ0v) is 10.5. The van der Waals surface area contributed by atoms with Crippen LogP contribution in [0.4, 0.5) is 14.5 Å². The predicted molar refractivity (Wildman–Crippen MR) is 67.5 cm³/mol. The number of amides is 1. The molecule has 0 radical (unpaired) electrons. The quantitative estimate of drug-likeness (QED) is 0.793. The maximum atomic E-state index is 13.8. The molecule has 19 heavy (non-hydrogen) atoms. The molecule has 0 aromatic heterocycles. The summed E-state index contributed by atoms with van der Waals surface area (Å²) in [6.07, 6.45) is 3.46. The second-order valence-electron chi connectivity index (χ2n) is 5.52. The van der Waals surface area contributed by atoms with Crippen molar-refractivity contribution in [3.05, 3.63) is 29.3 Å². The smallest absolute Gasteiger partial charge is 0.257 e. The van der Waals surface area contributed by atoms with E-state index < -0.39 is 17.5 Å². The fraction of sp³-hybridized carbons (Fsp3) is 0.500. The Morgan fingerprint density at radius 2 is 1.84 bits per heavy atom. The van der Waals surface area contributed by atoms with Crippen LogP contribution in [0.3, 0.4) is 0 Å². The number of carbonyl (C=O) groups is 1. The predicted octanol–water partition coefficient (Wildman–Crippen LogP) is 2.42. The Balaban J connectivity index is 1.85. The summed E-state index contributed by atoms with van der Waals surface area (Å²) in [6, 6.07) is 1.83. The lowest BCUT2D eigenvalue weighted by molar-refractivity contribution is 0.0775. The van der Waals surface area contributed by atoms with Crippen molar-refractivity contribution in [2.75, 3.05) is 18.8 Å². The molecule has 2 fully saturated rings. The van der Waals surface area contributed by atoms with Gasteiger partial charge in [-0.2, -0.15) is 0 Å². The molecule has 2 aliphatic rings. The van der Waals surface area contributed by atoms with Gasteiger partial charge in [-0.1, -0.05) is 6.42 Å². The van der Waals surface area contributed by atoms with Crippen LogP contribution < -0.4 is 5.73 Å². The molecule has 1 aromatic carbocycles. The molecule has 3 rings (SSSR count). The second-order valence-corrected chi connectivity index (χ2v) is 5.52. The number of hydrogen-bond acceptors (Lipinski definition) is 2. The summed E-state index contributed by atoms with van der Waals surface area (Å²) in [4.78, 5) is 13.9. The Bertz CT molecular complexity index is 520. The van der Waals surface area contributed by atoms with E-state index in [1.54, 1.807) is 4.90 Å². The summed E-state index contributed by atoms with van der Waals surface area (Å²) < 4.78 is 27.1. The third kappa shape index (κ3) is 2.07. The molecule has 3 nitrogen and oxygen atoms in total. The zero-order chi connectivity index (χ0) is 13.6. The molecule has 1 saturated carbocycles. The summed E-state index contributed by atoms with van der Waals surface area (Å²) in [6.45, 7) is 1.30. The number of nitrogen functional groups attached to an aromatic ring is 1. The Labute approximate surface area is 110 Å². The molecule has 2 N–H and O–H groups in total. The highest BCUT2D eigenvalue weighted by atomic mass is 19.1. The van der Waals surface area contributed by atoms with Crippen LogP contribution in [0.2, 0.25) is 0 Å². The summed E-state index contributed by atoms with van der Waals surface area (Å²) in [5, 5.41) is 0. The highest BCUT2D eigenvalue weighted by molar-refractivity contribution is 5.95. The Hall–Kier alpha value is -1.65. The van der Waals surface area contributed by atoms with Crippen molar-refractivity contribution in [1.29, 1.82) is 0 Å². The van der Waals surface area contributed by atoms with E-state index >= 15 is 0 Å². The SMILES string of the molecule is Nc1cc(F)cc(C(=O)N2CC3CCCC3C2)c1F. The van der Waals surface area contributed by atoms with E-state index in [4.69, 9.17) is 5.73 Å². The highest BCUT2D eigenvalue weighted by Crippen LogP contribution is 2.38. The van der Waals surface area contributed by atoms with E-state index in [0.29, 0.717) is 24.9 Å². The number of benzene rings is 1. The van der Waals surface area contributed by atoms with Gasteiger partial charge in [0.15, 0.2) is 5.82 Å². The molecule has 1 aliphatic carbocycles. The average Bonchev–Trinajstić information content (AvgIpc) is 2.93. The number of likely N-dealkylation sites (tertiary alicyclic amines) is 1. The molecular formula is C14H16F2N2O. The first-order valence-corrected chi connectivity index (χ1v) is 6.60. The minimum atomic E-state index is -0.816. The lowest BCUT2D eigenvalue weighted by atomic mass is 10.0. The van der Waals surface area contributed by atoms with Crippen LogP contribution in [0.15, 0.2) is 12.1 Å². The van der Waals surface area contributed by atoms with Gasteiger partial charge >= 0.3 is 0 Å². The molecule has 1 heterocycles. The van der Waals surface area contributed by atoms with E-state index in [1.165, 1.54) is 6.42 Å². The number of nitrogens with zero attached hydrogens (tertiary/aromatic N) is 1. The fourth-order valence-electron chi connectivity index (χ4n) is 3.34. The van der Waals surface area contributed by atoms with E-state index in [1.807, 2.05) is 0 Å². The van der Waals surface area contributed by atoms with Crippen molar-refractivity contribution in [3.63, 3.8) is 0 Å². The van der Waals surface area contributed by atoms with Gasteiger partial charge in [-0.25, -0.2) is 8.78 Å². The van der Waals surface area contributed by atoms with Gasteiger partial charge in [-0.3, -0.25) is 4.79 Å². The van der Waals surface area contributed by atoms with Gasteiger partial charge in [0.1, 0.15) is 5.82 Å². The van der Waals surface area contributed by atoms with Crippen LogP contribution in [0.25, 0.3) is 0 Å². The van der Waals surface area contributed by atoms with E-state index in [-0.39, 0.29) is 11.3 Å². The molecule has 1 saturated heterocycles. The zero-order valence-electron chi connectivity index (χ0n) is 10.5. The lowest BCUT2D eigenvalue weighted by Crippen LogP contribution is -2.30. The minimum absolute atomic E-state index is 0.252. The van der Waals surface area contributed by atoms with Crippen LogP contribution in [0.5, 0.6) is 0 Å². The molecule has 1 aromatic rings. The van der Waals surface area contributed by atoms with Gasteiger partial charge in [0, 0.05) is 13.1 Å². The molecular weight excluding hydrogens is 250 g/mol. The van der Waals surface area contributed by atoms with Gasteiger partial charge in [0.25, 0.3) is 5.91 Å². The number of fused-ring (bicyclic) bond motifs is 1. The Kier molecular flexibility index (Phi) is 2.92. The number of rotatable bonds is 1.